The number of hydrogen-bond donors (Lipinski definition) is 1. The van der Waals surface area contributed by atoms with Crippen LogP contribution in [0.5, 0.6) is 0 Å². The first-order valence-corrected chi connectivity index (χ1v) is 7.31. The largest absolute Gasteiger partial charge is 0.308 e. The maximum Gasteiger partial charge on any atom is 0.0804 e. The Hall–Kier alpha value is -1.42. The molecule has 0 aliphatic carbocycles. The third kappa shape index (κ3) is 2.25. The minimum absolute atomic E-state index is 0.0102. The molecule has 1 aromatic carbocycles. The van der Waals surface area contributed by atoms with Gasteiger partial charge in [-0.1, -0.05) is 29.8 Å². The minimum atomic E-state index is 0.0102. The first-order valence-electron chi connectivity index (χ1n) is 6.05. The van der Waals surface area contributed by atoms with Crippen LogP contribution in [0.2, 0.25) is 5.02 Å². The second kappa shape index (κ2) is 5.29. The summed E-state index contributed by atoms with van der Waals surface area (Å²) in [6.07, 6.45) is 1.78. The molecule has 0 aliphatic rings. The fourth-order valence-electron chi connectivity index (χ4n) is 2.29. The van der Waals surface area contributed by atoms with Gasteiger partial charge in [-0.2, -0.15) is 0 Å². The molecule has 2 nitrogen and oxygen atoms in total. The highest BCUT2D eigenvalue weighted by molar-refractivity contribution is 7.17. The summed E-state index contributed by atoms with van der Waals surface area (Å²) in [4.78, 5) is 4.43. The van der Waals surface area contributed by atoms with E-state index in [2.05, 4.69) is 39.9 Å². The molecule has 1 N–H and O–H groups in total. The van der Waals surface area contributed by atoms with Crippen molar-refractivity contribution in [1.82, 2.24) is 10.3 Å². The number of halogens is 1. The molecular weight excluding hydrogens is 276 g/mol. The van der Waals surface area contributed by atoms with Crippen LogP contribution in [-0.4, -0.2) is 12.0 Å². The number of hydrogen-bond acceptors (Lipinski definition) is 3. The summed E-state index contributed by atoms with van der Waals surface area (Å²) >= 11 is 8.02. The summed E-state index contributed by atoms with van der Waals surface area (Å²) < 4.78 is 1.28. The van der Waals surface area contributed by atoms with E-state index in [-0.39, 0.29) is 6.04 Å². The Labute approximate surface area is 121 Å². The number of thiophene rings is 1. The Balaban J connectivity index is 2.18. The van der Waals surface area contributed by atoms with Gasteiger partial charge in [0.1, 0.15) is 0 Å². The fourth-order valence-corrected chi connectivity index (χ4v) is 3.47. The summed E-state index contributed by atoms with van der Waals surface area (Å²) in [5.41, 5.74) is 2.09. The van der Waals surface area contributed by atoms with Gasteiger partial charge in [-0.3, -0.25) is 4.98 Å². The molecule has 0 spiro atoms. The van der Waals surface area contributed by atoms with Crippen molar-refractivity contribution in [1.29, 1.82) is 0 Å². The van der Waals surface area contributed by atoms with E-state index >= 15 is 0 Å². The van der Waals surface area contributed by atoms with E-state index in [1.54, 1.807) is 17.5 Å². The van der Waals surface area contributed by atoms with Crippen molar-refractivity contribution in [2.45, 2.75) is 6.04 Å². The molecule has 0 amide bonds. The number of fused-ring (bicyclic) bond motifs is 1. The van der Waals surface area contributed by atoms with Crippen LogP contribution < -0.4 is 5.32 Å². The van der Waals surface area contributed by atoms with Gasteiger partial charge in [0.15, 0.2) is 0 Å². The van der Waals surface area contributed by atoms with Crippen molar-refractivity contribution in [3.8, 4) is 0 Å². The summed E-state index contributed by atoms with van der Waals surface area (Å²) in [6, 6.07) is 12.2. The third-order valence-corrected chi connectivity index (χ3v) is 4.47. The topological polar surface area (TPSA) is 24.9 Å². The number of rotatable bonds is 3. The van der Waals surface area contributed by atoms with Crippen molar-refractivity contribution in [3.63, 3.8) is 0 Å². The highest BCUT2D eigenvalue weighted by atomic mass is 35.5. The fraction of sp³-hybridized carbons (Fsp3) is 0.133. The lowest BCUT2D eigenvalue weighted by molar-refractivity contribution is 0.677. The molecule has 1 atom stereocenters. The van der Waals surface area contributed by atoms with E-state index in [1.165, 1.54) is 15.6 Å². The normalized spacial score (nSPS) is 12.7. The van der Waals surface area contributed by atoms with Crippen LogP contribution in [0.4, 0.5) is 0 Å². The summed E-state index contributed by atoms with van der Waals surface area (Å²) in [5.74, 6) is 0. The van der Waals surface area contributed by atoms with Gasteiger partial charge in [0.05, 0.1) is 16.8 Å². The summed E-state index contributed by atoms with van der Waals surface area (Å²) in [6.45, 7) is 0. The SMILES string of the molecule is CNC(c1ncccc1Cl)c1cccc2ccsc12. The molecule has 0 saturated carbocycles. The van der Waals surface area contributed by atoms with Crippen molar-refractivity contribution in [2.75, 3.05) is 7.05 Å². The standard InChI is InChI=1S/C15H13ClN2S/c1-17-13(14-12(16)6-3-8-18-14)11-5-2-4-10-7-9-19-15(10)11/h2-9,13,17H,1H3. The molecule has 2 aromatic heterocycles. The average Bonchev–Trinajstić information content (AvgIpc) is 2.91. The van der Waals surface area contributed by atoms with E-state index in [0.717, 1.165) is 5.69 Å². The highest BCUT2D eigenvalue weighted by Crippen LogP contribution is 2.33. The van der Waals surface area contributed by atoms with Gasteiger partial charge in [0, 0.05) is 10.9 Å². The van der Waals surface area contributed by atoms with Crippen LogP contribution in [-0.2, 0) is 0 Å². The quantitative estimate of drug-likeness (QED) is 0.779. The van der Waals surface area contributed by atoms with Crippen LogP contribution in [0, 0.1) is 0 Å². The van der Waals surface area contributed by atoms with E-state index < -0.39 is 0 Å². The van der Waals surface area contributed by atoms with Crippen molar-refractivity contribution in [3.05, 3.63) is 64.3 Å². The van der Waals surface area contributed by atoms with E-state index in [0.29, 0.717) is 5.02 Å². The molecule has 0 fully saturated rings. The second-order valence-corrected chi connectivity index (χ2v) is 5.60. The van der Waals surface area contributed by atoms with Crippen LogP contribution >= 0.6 is 22.9 Å². The lowest BCUT2D eigenvalue weighted by Gasteiger charge is -2.18. The molecule has 0 radical (unpaired) electrons. The lowest BCUT2D eigenvalue weighted by Crippen LogP contribution is -2.19. The molecule has 0 aliphatic heterocycles. The van der Waals surface area contributed by atoms with Crippen molar-refractivity contribution < 1.29 is 0 Å². The molecular formula is C15H13ClN2S. The van der Waals surface area contributed by atoms with Crippen LogP contribution in [0.1, 0.15) is 17.3 Å². The van der Waals surface area contributed by atoms with Crippen molar-refractivity contribution >= 4 is 33.0 Å². The predicted molar refractivity (Wildman–Crippen MR) is 82.0 cm³/mol. The Morgan fingerprint density at radius 3 is 2.89 bits per heavy atom. The molecule has 19 heavy (non-hydrogen) atoms. The zero-order chi connectivity index (χ0) is 13.2. The summed E-state index contributed by atoms with van der Waals surface area (Å²) in [5, 5.41) is 7.38. The van der Waals surface area contributed by atoms with Gasteiger partial charge >= 0.3 is 0 Å². The van der Waals surface area contributed by atoms with Gasteiger partial charge in [0.2, 0.25) is 0 Å². The molecule has 3 aromatic rings. The van der Waals surface area contributed by atoms with Gasteiger partial charge < -0.3 is 5.32 Å². The van der Waals surface area contributed by atoms with Crippen LogP contribution in [0.3, 0.4) is 0 Å². The Bertz CT molecular complexity index is 708. The number of benzene rings is 1. The molecule has 2 heterocycles. The van der Waals surface area contributed by atoms with Crippen molar-refractivity contribution in [2.24, 2.45) is 0 Å². The van der Waals surface area contributed by atoms with E-state index in [4.69, 9.17) is 11.6 Å². The summed E-state index contributed by atoms with van der Waals surface area (Å²) in [7, 11) is 1.93. The molecule has 96 valence electrons. The van der Waals surface area contributed by atoms with Gasteiger partial charge in [-0.15, -0.1) is 11.3 Å². The maximum atomic E-state index is 6.27. The van der Waals surface area contributed by atoms with Gasteiger partial charge in [-0.05, 0) is 41.6 Å². The predicted octanol–water partition coefficient (Wildman–Crippen LogP) is 4.26. The minimum Gasteiger partial charge on any atom is -0.308 e. The Kier molecular flexibility index (Phi) is 3.51. The lowest BCUT2D eigenvalue weighted by atomic mass is 10.0. The second-order valence-electron chi connectivity index (χ2n) is 4.28. The number of pyridine rings is 1. The van der Waals surface area contributed by atoms with E-state index in [9.17, 15) is 0 Å². The zero-order valence-corrected chi connectivity index (χ0v) is 12.0. The van der Waals surface area contributed by atoms with Gasteiger partial charge in [-0.25, -0.2) is 0 Å². The van der Waals surface area contributed by atoms with Crippen LogP contribution in [0.25, 0.3) is 10.1 Å². The molecule has 3 rings (SSSR count). The first kappa shape index (κ1) is 12.6. The monoisotopic (exact) mass is 288 g/mol. The smallest absolute Gasteiger partial charge is 0.0804 e. The third-order valence-electron chi connectivity index (χ3n) is 3.17. The number of nitrogens with zero attached hydrogens (tertiary/aromatic N) is 1. The molecule has 0 saturated heterocycles. The Morgan fingerprint density at radius 2 is 2.11 bits per heavy atom. The Morgan fingerprint density at radius 1 is 1.21 bits per heavy atom. The highest BCUT2D eigenvalue weighted by Gasteiger charge is 2.18. The van der Waals surface area contributed by atoms with Crippen LogP contribution in [0.15, 0.2) is 48.0 Å². The average molecular weight is 289 g/mol. The molecule has 4 heteroatoms. The number of aromatic nitrogens is 1. The molecule has 0 bridgehead atoms. The van der Waals surface area contributed by atoms with Gasteiger partial charge in [0.25, 0.3) is 0 Å². The zero-order valence-electron chi connectivity index (χ0n) is 10.4. The van der Waals surface area contributed by atoms with E-state index in [1.807, 2.05) is 19.2 Å². The maximum absolute atomic E-state index is 6.27. The molecule has 1 unspecified atom stereocenters. The number of nitrogens with one attached hydrogen (secondary N) is 1. The first-order chi connectivity index (χ1) is 9.31.